The molecule has 1 heterocycles. The zero-order valence-electron chi connectivity index (χ0n) is 8.66. The van der Waals surface area contributed by atoms with Crippen molar-refractivity contribution < 1.29 is 0 Å². The summed E-state index contributed by atoms with van der Waals surface area (Å²) < 4.78 is 0. The van der Waals surface area contributed by atoms with E-state index in [0.717, 1.165) is 12.6 Å². The van der Waals surface area contributed by atoms with Crippen LogP contribution in [0.5, 0.6) is 0 Å². The Hall–Kier alpha value is -0.810. The van der Waals surface area contributed by atoms with E-state index in [2.05, 4.69) is 20.6 Å². The average Bonchev–Trinajstić information content (AvgIpc) is 2.96. The maximum absolute atomic E-state index is 5.31. The molecule has 1 saturated carbocycles. The van der Waals surface area contributed by atoms with Crippen LogP contribution in [0.25, 0.3) is 0 Å². The highest BCUT2D eigenvalue weighted by Crippen LogP contribution is 2.29. The van der Waals surface area contributed by atoms with E-state index in [-0.39, 0.29) is 0 Å². The molecule has 4 N–H and O–H groups in total. The summed E-state index contributed by atoms with van der Waals surface area (Å²) in [4.78, 5) is 6.56. The molecule has 1 saturated heterocycles. The Morgan fingerprint density at radius 1 is 1.43 bits per heavy atom. The van der Waals surface area contributed by atoms with Crippen molar-refractivity contribution in [3.8, 4) is 0 Å². The summed E-state index contributed by atoms with van der Waals surface area (Å²) in [5, 5.41) is 3.30. The van der Waals surface area contributed by atoms with Gasteiger partial charge in [-0.15, -0.1) is 0 Å². The van der Waals surface area contributed by atoms with Gasteiger partial charge in [0.05, 0.1) is 0 Å². The monoisotopic (exact) mass is 197 g/mol. The van der Waals surface area contributed by atoms with Crippen molar-refractivity contribution in [1.29, 1.82) is 0 Å². The molecule has 0 amide bonds. The maximum Gasteiger partial charge on any atom is 0.205 e. The van der Waals surface area contributed by atoms with Gasteiger partial charge in [-0.25, -0.2) is 5.84 Å². The molecule has 5 nitrogen and oxygen atoms in total. The van der Waals surface area contributed by atoms with Gasteiger partial charge >= 0.3 is 0 Å². The summed E-state index contributed by atoms with van der Waals surface area (Å²) in [5.74, 6) is 6.00. The minimum absolute atomic E-state index is 0.505. The molecular formula is C9H19N5. The van der Waals surface area contributed by atoms with Gasteiger partial charge in [0.1, 0.15) is 0 Å². The second kappa shape index (κ2) is 4.14. The van der Waals surface area contributed by atoms with E-state index in [0.29, 0.717) is 12.0 Å². The Balaban J connectivity index is 1.77. The van der Waals surface area contributed by atoms with Crippen LogP contribution < -0.4 is 16.6 Å². The molecule has 0 aromatic carbocycles. The molecule has 1 atom stereocenters. The molecule has 80 valence electrons. The average molecular weight is 197 g/mol. The number of rotatable bonds is 2. The molecule has 2 aliphatic rings. The Morgan fingerprint density at radius 2 is 2.21 bits per heavy atom. The van der Waals surface area contributed by atoms with Crippen LogP contribution in [0.1, 0.15) is 19.3 Å². The first-order valence-corrected chi connectivity index (χ1v) is 5.27. The van der Waals surface area contributed by atoms with Gasteiger partial charge in [-0.1, -0.05) is 0 Å². The third-order valence-electron chi connectivity index (χ3n) is 2.98. The number of nitrogens with two attached hydrogens (primary N) is 1. The van der Waals surface area contributed by atoms with E-state index < -0.39 is 0 Å². The van der Waals surface area contributed by atoms with Gasteiger partial charge in [-0.3, -0.25) is 15.3 Å². The molecule has 0 spiro atoms. The topological polar surface area (TPSA) is 65.7 Å². The van der Waals surface area contributed by atoms with Crippen LogP contribution >= 0.6 is 0 Å². The summed E-state index contributed by atoms with van der Waals surface area (Å²) in [6, 6.07) is 1.38. The fourth-order valence-electron chi connectivity index (χ4n) is 2.04. The first-order valence-electron chi connectivity index (χ1n) is 5.27. The van der Waals surface area contributed by atoms with Crippen molar-refractivity contribution in [2.24, 2.45) is 10.8 Å². The van der Waals surface area contributed by atoms with Crippen molar-refractivity contribution in [1.82, 2.24) is 15.6 Å². The largest absolute Gasteiger partial charge is 0.351 e. The number of hydrogen-bond acceptors (Lipinski definition) is 3. The fraction of sp³-hybridized carbons (Fsp3) is 0.889. The molecule has 0 aromatic heterocycles. The van der Waals surface area contributed by atoms with E-state index >= 15 is 0 Å². The lowest BCUT2D eigenvalue weighted by Crippen LogP contribution is -2.47. The van der Waals surface area contributed by atoms with Crippen LogP contribution in [0.15, 0.2) is 4.99 Å². The number of hydrogen-bond donors (Lipinski definition) is 3. The van der Waals surface area contributed by atoms with Crippen molar-refractivity contribution in [2.75, 3.05) is 20.1 Å². The lowest BCUT2D eigenvalue weighted by Gasteiger charge is -2.17. The Labute approximate surface area is 84.7 Å². The van der Waals surface area contributed by atoms with Crippen molar-refractivity contribution in [2.45, 2.75) is 31.3 Å². The molecular weight excluding hydrogens is 178 g/mol. The van der Waals surface area contributed by atoms with Crippen LogP contribution in [-0.4, -0.2) is 43.1 Å². The lowest BCUT2D eigenvalue weighted by molar-refractivity contribution is 0.321. The van der Waals surface area contributed by atoms with E-state index in [1.54, 1.807) is 7.05 Å². The zero-order chi connectivity index (χ0) is 9.97. The van der Waals surface area contributed by atoms with Crippen LogP contribution in [0, 0.1) is 0 Å². The molecule has 0 radical (unpaired) electrons. The molecule has 0 aromatic rings. The van der Waals surface area contributed by atoms with E-state index in [4.69, 9.17) is 5.84 Å². The molecule has 2 rings (SSSR count). The molecule has 2 fully saturated rings. The summed E-state index contributed by atoms with van der Waals surface area (Å²) in [6.07, 6.45) is 3.96. The van der Waals surface area contributed by atoms with Crippen molar-refractivity contribution >= 4 is 5.96 Å². The Morgan fingerprint density at radius 3 is 2.79 bits per heavy atom. The van der Waals surface area contributed by atoms with Gasteiger partial charge < -0.3 is 5.32 Å². The third kappa shape index (κ3) is 2.16. The van der Waals surface area contributed by atoms with Gasteiger partial charge in [0.25, 0.3) is 0 Å². The van der Waals surface area contributed by atoms with Gasteiger partial charge in [0.2, 0.25) is 5.96 Å². The highest BCUT2D eigenvalue weighted by Gasteiger charge is 2.34. The second-order valence-electron chi connectivity index (χ2n) is 4.07. The van der Waals surface area contributed by atoms with Crippen LogP contribution in [0.4, 0.5) is 0 Å². The van der Waals surface area contributed by atoms with Gasteiger partial charge in [-0.05, 0) is 19.3 Å². The summed E-state index contributed by atoms with van der Waals surface area (Å²) >= 11 is 0. The molecule has 1 unspecified atom stereocenters. The summed E-state index contributed by atoms with van der Waals surface area (Å²) in [7, 11) is 1.73. The third-order valence-corrected chi connectivity index (χ3v) is 2.98. The minimum atomic E-state index is 0.505. The van der Waals surface area contributed by atoms with Crippen LogP contribution in [0.2, 0.25) is 0 Å². The first-order chi connectivity index (χ1) is 6.83. The normalized spacial score (nSPS) is 29.3. The van der Waals surface area contributed by atoms with Gasteiger partial charge in [0, 0.05) is 32.2 Å². The minimum Gasteiger partial charge on any atom is -0.351 e. The number of nitrogens with zero attached hydrogens (tertiary/aromatic N) is 2. The number of aliphatic imine (C=N–C) groups is 1. The predicted molar refractivity (Wildman–Crippen MR) is 56.8 cm³/mol. The van der Waals surface area contributed by atoms with E-state index in [9.17, 15) is 0 Å². The zero-order valence-corrected chi connectivity index (χ0v) is 8.66. The van der Waals surface area contributed by atoms with Crippen LogP contribution in [-0.2, 0) is 0 Å². The molecule has 14 heavy (non-hydrogen) atoms. The quantitative estimate of drug-likeness (QED) is 0.236. The predicted octanol–water partition coefficient (Wildman–Crippen LogP) is -0.738. The first kappa shape index (κ1) is 9.73. The summed E-state index contributed by atoms with van der Waals surface area (Å²) in [5.41, 5.74) is 2.56. The second-order valence-corrected chi connectivity index (χ2v) is 4.07. The van der Waals surface area contributed by atoms with E-state index in [1.807, 2.05) is 0 Å². The van der Waals surface area contributed by atoms with Crippen molar-refractivity contribution in [3.05, 3.63) is 0 Å². The number of hydrazine groups is 1. The Bertz CT molecular complexity index is 223. The highest BCUT2D eigenvalue weighted by molar-refractivity contribution is 5.79. The van der Waals surface area contributed by atoms with Crippen LogP contribution in [0.3, 0.4) is 0 Å². The van der Waals surface area contributed by atoms with Gasteiger partial charge in [-0.2, -0.15) is 0 Å². The maximum atomic E-state index is 5.31. The number of nitrogens with one attached hydrogen (secondary N) is 2. The lowest BCUT2D eigenvalue weighted by atomic mass is 10.3. The van der Waals surface area contributed by atoms with E-state index in [1.165, 1.54) is 25.8 Å². The van der Waals surface area contributed by atoms with Gasteiger partial charge in [0.15, 0.2) is 0 Å². The molecule has 1 aliphatic heterocycles. The Kier molecular flexibility index (Phi) is 2.88. The SMILES string of the molecule is CN=C(NN)NC1CCN(C2CC2)C1. The standard InChI is InChI=1S/C9H19N5/c1-11-9(13-10)12-7-4-5-14(6-7)8-2-3-8/h7-8H,2-6,10H2,1H3,(H2,11,12,13). The molecule has 5 heteroatoms. The fourth-order valence-corrected chi connectivity index (χ4v) is 2.04. The molecule has 0 bridgehead atoms. The highest BCUT2D eigenvalue weighted by atomic mass is 15.3. The molecule has 1 aliphatic carbocycles. The summed E-state index contributed by atoms with van der Waals surface area (Å²) in [6.45, 7) is 2.34. The van der Waals surface area contributed by atoms with Crippen molar-refractivity contribution in [3.63, 3.8) is 0 Å². The smallest absolute Gasteiger partial charge is 0.205 e. The number of guanidine groups is 1. The number of likely N-dealkylation sites (tertiary alicyclic amines) is 1.